The van der Waals surface area contributed by atoms with Crippen LogP contribution in [0.5, 0.6) is 5.75 Å². The van der Waals surface area contributed by atoms with Crippen LogP contribution in [0.2, 0.25) is 0 Å². The Bertz CT molecular complexity index is 992. The lowest BCUT2D eigenvalue weighted by atomic mass is 10.1. The van der Waals surface area contributed by atoms with E-state index in [2.05, 4.69) is 5.32 Å². The van der Waals surface area contributed by atoms with Gasteiger partial charge >= 0.3 is 0 Å². The fourth-order valence-electron chi connectivity index (χ4n) is 2.98. The van der Waals surface area contributed by atoms with Crippen molar-refractivity contribution in [2.45, 2.75) is 13.0 Å². The monoisotopic (exact) mass is 336 g/mol. The minimum atomic E-state index is -0.398. The van der Waals surface area contributed by atoms with Crippen molar-refractivity contribution in [1.29, 1.82) is 0 Å². The predicted molar refractivity (Wildman–Crippen MR) is 98.1 cm³/mol. The summed E-state index contributed by atoms with van der Waals surface area (Å²) in [6.45, 7) is 1.86. The number of aryl methyl sites for hydroxylation is 1. The number of rotatable bonds is 4. The first-order valence-electron chi connectivity index (χ1n) is 8.05. The van der Waals surface area contributed by atoms with Crippen LogP contribution in [-0.2, 0) is 7.05 Å². The van der Waals surface area contributed by atoms with Crippen LogP contribution in [0.15, 0.2) is 59.5 Å². The van der Waals surface area contributed by atoms with Gasteiger partial charge in [-0.05, 0) is 25.1 Å². The predicted octanol–water partition coefficient (Wildman–Crippen LogP) is 3.04. The maximum Gasteiger partial charge on any atom is 0.257 e. The quantitative estimate of drug-likeness (QED) is 0.797. The van der Waals surface area contributed by atoms with E-state index >= 15 is 0 Å². The Kier molecular flexibility index (Phi) is 4.57. The molecule has 0 saturated carbocycles. The van der Waals surface area contributed by atoms with Gasteiger partial charge in [0.15, 0.2) is 0 Å². The number of aromatic nitrogens is 1. The Morgan fingerprint density at radius 3 is 2.56 bits per heavy atom. The highest BCUT2D eigenvalue weighted by Gasteiger charge is 2.18. The zero-order valence-corrected chi connectivity index (χ0v) is 14.4. The third kappa shape index (κ3) is 3.13. The molecule has 0 radical (unpaired) electrons. The van der Waals surface area contributed by atoms with E-state index in [4.69, 9.17) is 4.74 Å². The van der Waals surface area contributed by atoms with Crippen LogP contribution in [-0.4, -0.2) is 17.6 Å². The van der Waals surface area contributed by atoms with Gasteiger partial charge in [-0.15, -0.1) is 0 Å². The number of nitrogens with one attached hydrogen (secondary N) is 1. The summed E-state index contributed by atoms with van der Waals surface area (Å²) in [4.78, 5) is 25.3. The molecule has 1 unspecified atom stereocenters. The van der Waals surface area contributed by atoms with E-state index < -0.39 is 5.91 Å². The van der Waals surface area contributed by atoms with Crippen molar-refractivity contribution < 1.29 is 9.53 Å². The second-order valence-corrected chi connectivity index (χ2v) is 5.94. The van der Waals surface area contributed by atoms with Crippen molar-refractivity contribution in [3.8, 4) is 5.75 Å². The summed E-state index contributed by atoms with van der Waals surface area (Å²) in [7, 11) is 3.41. The highest BCUT2D eigenvalue weighted by Crippen LogP contribution is 2.24. The molecule has 1 atom stereocenters. The molecule has 1 heterocycles. The third-order valence-electron chi connectivity index (χ3n) is 4.29. The third-order valence-corrected chi connectivity index (χ3v) is 4.29. The first-order valence-corrected chi connectivity index (χ1v) is 8.05. The van der Waals surface area contributed by atoms with Crippen LogP contribution in [0, 0.1) is 0 Å². The maximum atomic E-state index is 12.7. The van der Waals surface area contributed by atoms with E-state index in [9.17, 15) is 9.59 Å². The second kappa shape index (κ2) is 6.81. The normalized spacial score (nSPS) is 12.0. The highest BCUT2D eigenvalue weighted by atomic mass is 16.5. The zero-order valence-electron chi connectivity index (χ0n) is 14.4. The molecule has 3 rings (SSSR count). The van der Waals surface area contributed by atoms with Gasteiger partial charge < -0.3 is 14.6 Å². The van der Waals surface area contributed by atoms with Crippen LogP contribution >= 0.6 is 0 Å². The van der Waals surface area contributed by atoms with Gasteiger partial charge in [-0.2, -0.15) is 0 Å². The molecule has 3 aromatic rings. The second-order valence-electron chi connectivity index (χ2n) is 5.94. The van der Waals surface area contributed by atoms with Crippen molar-refractivity contribution in [1.82, 2.24) is 9.88 Å². The molecule has 0 aliphatic rings. The lowest BCUT2D eigenvalue weighted by Gasteiger charge is -2.17. The topological polar surface area (TPSA) is 60.3 Å². The number of methoxy groups -OCH3 is 1. The molecule has 0 bridgehead atoms. The van der Waals surface area contributed by atoms with Gasteiger partial charge in [0.1, 0.15) is 11.3 Å². The Morgan fingerprint density at radius 1 is 1.12 bits per heavy atom. The van der Waals surface area contributed by atoms with Gasteiger partial charge in [0.25, 0.3) is 5.91 Å². The van der Waals surface area contributed by atoms with Gasteiger partial charge in [0, 0.05) is 24.2 Å². The number of hydrogen-bond donors (Lipinski definition) is 1. The van der Waals surface area contributed by atoms with Gasteiger partial charge in [-0.1, -0.05) is 30.3 Å². The fourth-order valence-corrected chi connectivity index (χ4v) is 2.98. The average molecular weight is 336 g/mol. The van der Waals surface area contributed by atoms with Crippen molar-refractivity contribution >= 4 is 16.8 Å². The molecule has 25 heavy (non-hydrogen) atoms. The molecule has 1 N–H and O–H groups in total. The van der Waals surface area contributed by atoms with E-state index in [0.717, 1.165) is 11.1 Å². The molecule has 5 heteroatoms. The summed E-state index contributed by atoms with van der Waals surface area (Å²) in [5.74, 6) is 0.298. The number of carbonyl (C=O) groups excluding carboxylic acids is 1. The van der Waals surface area contributed by atoms with Gasteiger partial charge in [0.05, 0.1) is 18.7 Å². The van der Waals surface area contributed by atoms with Crippen LogP contribution < -0.4 is 15.5 Å². The molecular weight excluding hydrogens is 316 g/mol. The number of benzene rings is 2. The summed E-state index contributed by atoms with van der Waals surface area (Å²) < 4.78 is 7.13. The van der Waals surface area contributed by atoms with Crippen LogP contribution in [0.3, 0.4) is 0 Å². The molecule has 0 fully saturated rings. The lowest BCUT2D eigenvalue weighted by molar-refractivity contribution is 0.0938. The molecule has 0 spiro atoms. The minimum Gasteiger partial charge on any atom is -0.496 e. The molecule has 2 aromatic carbocycles. The highest BCUT2D eigenvalue weighted by molar-refractivity contribution is 5.97. The Hall–Kier alpha value is -3.08. The number of fused-ring (bicyclic) bond motifs is 1. The SMILES string of the molecule is COc1ccccc1C(C)NC(=O)c1cn(C)c2ccccc2c1=O. The molecule has 128 valence electrons. The van der Waals surface area contributed by atoms with Crippen LogP contribution in [0.4, 0.5) is 0 Å². The Labute approximate surface area is 145 Å². The summed E-state index contributed by atoms with van der Waals surface area (Å²) in [6.07, 6.45) is 1.58. The van der Waals surface area contributed by atoms with Crippen molar-refractivity contribution in [2.75, 3.05) is 7.11 Å². The number of carbonyl (C=O) groups is 1. The number of pyridine rings is 1. The van der Waals surface area contributed by atoms with Crippen LogP contribution in [0.25, 0.3) is 10.9 Å². The Balaban J connectivity index is 1.95. The molecule has 1 aromatic heterocycles. The van der Waals surface area contributed by atoms with Gasteiger partial charge in [0.2, 0.25) is 5.43 Å². The summed E-state index contributed by atoms with van der Waals surface area (Å²) in [6, 6.07) is 14.4. The van der Waals surface area contributed by atoms with E-state index in [1.54, 1.807) is 30.0 Å². The first-order chi connectivity index (χ1) is 12.0. The molecule has 0 saturated heterocycles. The van der Waals surface area contributed by atoms with Crippen molar-refractivity contribution in [3.63, 3.8) is 0 Å². The van der Waals surface area contributed by atoms with E-state index in [1.807, 2.05) is 50.4 Å². The number of para-hydroxylation sites is 2. The fraction of sp³-hybridized carbons (Fsp3) is 0.200. The molecule has 0 aliphatic carbocycles. The van der Waals surface area contributed by atoms with Gasteiger partial charge in [-0.25, -0.2) is 0 Å². The van der Waals surface area contributed by atoms with Crippen molar-refractivity contribution in [2.24, 2.45) is 7.05 Å². The largest absolute Gasteiger partial charge is 0.496 e. The van der Waals surface area contributed by atoms with E-state index in [0.29, 0.717) is 11.1 Å². The van der Waals surface area contributed by atoms with Gasteiger partial charge in [-0.3, -0.25) is 9.59 Å². The first kappa shape index (κ1) is 16.8. The number of hydrogen-bond acceptors (Lipinski definition) is 3. The molecular formula is C20H20N2O3. The summed E-state index contributed by atoms with van der Waals surface area (Å²) in [5, 5.41) is 3.42. The average Bonchev–Trinajstić information content (AvgIpc) is 2.64. The smallest absolute Gasteiger partial charge is 0.257 e. The number of nitrogens with zero attached hydrogens (tertiary/aromatic N) is 1. The van der Waals surface area contributed by atoms with E-state index in [1.165, 1.54) is 0 Å². The van der Waals surface area contributed by atoms with Crippen molar-refractivity contribution in [3.05, 3.63) is 76.1 Å². The molecule has 5 nitrogen and oxygen atoms in total. The lowest BCUT2D eigenvalue weighted by Crippen LogP contribution is -2.31. The number of amides is 1. The maximum absolute atomic E-state index is 12.7. The summed E-state index contributed by atoms with van der Waals surface area (Å²) >= 11 is 0. The molecule has 0 aliphatic heterocycles. The summed E-state index contributed by atoms with van der Waals surface area (Å²) in [5.41, 5.74) is 1.51. The number of ether oxygens (including phenoxy) is 1. The van der Waals surface area contributed by atoms with Crippen LogP contribution in [0.1, 0.15) is 28.9 Å². The minimum absolute atomic E-state index is 0.128. The zero-order chi connectivity index (χ0) is 18.0. The Morgan fingerprint density at radius 2 is 1.80 bits per heavy atom. The standard InChI is InChI=1S/C20H20N2O3/c1-13(14-8-5-7-11-18(14)25-3)21-20(24)16-12-22(2)17-10-6-4-9-15(17)19(16)23/h4-13H,1-3H3,(H,21,24). The van der Waals surface area contributed by atoms with E-state index in [-0.39, 0.29) is 17.0 Å². The molecule has 1 amide bonds.